The lowest BCUT2D eigenvalue weighted by molar-refractivity contribution is -0.121. The van der Waals surface area contributed by atoms with Gasteiger partial charge in [-0.2, -0.15) is 0 Å². The molecular weight excluding hydrogens is 372 g/mol. The summed E-state index contributed by atoms with van der Waals surface area (Å²) >= 11 is 6.42. The minimum absolute atomic E-state index is 0.169. The number of furan rings is 1. The fourth-order valence-corrected chi connectivity index (χ4v) is 3.61. The number of rotatable bonds is 5. The molecule has 2 heterocycles. The number of carbonyl (C=O) groups excluding carboxylic acids is 2. The van der Waals surface area contributed by atoms with E-state index in [1.54, 1.807) is 54.0 Å². The first-order valence-electron chi connectivity index (χ1n) is 7.54. The number of amides is 2. The maximum atomic E-state index is 12.3. The Morgan fingerprint density at radius 1 is 1.31 bits per heavy atom. The Balaban J connectivity index is 1.80. The smallest absolute Gasteiger partial charge is 0.274 e. The van der Waals surface area contributed by atoms with Crippen molar-refractivity contribution >= 4 is 46.2 Å². The number of thiocarbonyl (C=S) groups is 1. The average molecular weight is 386 g/mol. The van der Waals surface area contributed by atoms with Crippen molar-refractivity contribution in [2.75, 3.05) is 6.54 Å². The molecule has 1 fully saturated rings. The summed E-state index contributed by atoms with van der Waals surface area (Å²) in [7, 11) is 0. The van der Waals surface area contributed by atoms with Crippen molar-refractivity contribution in [3.05, 3.63) is 65.3 Å². The Morgan fingerprint density at radius 2 is 2.04 bits per heavy atom. The molecule has 0 bridgehead atoms. The lowest BCUT2D eigenvalue weighted by atomic mass is 10.1. The van der Waals surface area contributed by atoms with Gasteiger partial charge in [-0.1, -0.05) is 42.2 Å². The highest BCUT2D eigenvalue weighted by atomic mass is 32.2. The van der Waals surface area contributed by atoms with Crippen LogP contribution in [-0.4, -0.2) is 32.8 Å². The van der Waals surface area contributed by atoms with Crippen LogP contribution < -0.4 is 5.48 Å². The molecule has 0 saturated carbocycles. The molecule has 0 aliphatic carbocycles. The Hall–Kier alpha value is -2.68. The standard InChI is InChI=1S/C18H14N2O4S2/c1-2-9-20-17(22)15(26-18(20)25)10-13-7-8-14(24-13)11-3-5-12(6-4-11)16(21)19-23/h2-8,10,23H,1,9H2,(H,19,21)/b15-10-. The third-order valence-corrected chi connectivity index (χ3v) is 5.00. The number of nitrogens with one attached hydrogen (secondary N) is 1. The molecule has 1 saturated heterocycles. The number of carbonyl (C=O) groups is 2. The fraction of sp³-hybridized carbons (Fsp3) is 0.0556. The molecule has 3 rings (SSSR count). The molecule has 0 radical (unpaired) electrons. The lowest BCUT2D eigenvalue weighted by Crippen LogP contribution is -2.27. The van der Waals surface area contributed by atoms with Crippen molar-refractivity contribution < 1.29 is 19.2 Å². The monoisotopic (exact) mass is 386 g/mol. The van der Waals surface area contributed by atoms with Gasteiger partial charge in [0.1, 0.15) is 15.8 Å². The molecule has 2 N–H and O–H groups in total. The van der Waals surface area contributed by atoms with E-state index in [2.05, 4.69) is 6.58 Å². The van der Waals surface area contributed by atoms with Crippen molar-refractivity contribution in [2.45, 2.75) is 0 Å². The third-order valence-electron chi connectivity index (χ3n) is 3.62. The minimum Gasteiger partial charge on any atom is -0.457 e. The first kappa shape index (κ1) is 18.1. The molecular formula is C18H14N2O4S2. The van der Waals surface area contributed by atoms with E-state index in [0.29, 0.717) is 32.9 Å². The second kappa shape index (κ2) is 7.69. The van der Waals surface area contributed by atoms with E-state index in [4.69, 9.17) is 21.8 Å². The molecule has 2 amide bonds. The van der Waals surface area contributed by atoms with Crippen molar-refractivity contribution in [2.24, 2.45) is 0 Å². The first-order chi connectivity index (χ1) is 12.5. The molecule has 0 unspecified atom stereocenters. The zero-order valence-corrected chi connectivity index (χ0v) is 15.1. The van der Waals surface area contributed by atoms with Crippen LogP contribution in [0.1, 0.15) is 16.1 Å². The number of hydrogen-bond acceptors (Lipinski definition) is 6. The van der Waals surface area contributed by atoms with Gasteiger partial charge in [0, 0.05) is 23.7 Å². The summed E-state index contributed by atoms with van der Waals surface area (Å²) in [4.78, 5) is 25.6. The molecule has 0 spiro atoms. The van der Waals surface area contributed by atoms with E-state index in [9.17, 15) is 9.59 Å². The Kier molecular flexibility index (Phi) is 5.36. The van der Waals surface area contributed by atoms with Gasteiger partial charge >= 0.3 is 0 Å². The molecule has 2 aromatic rings. The number of hydrogen-bond donors (Lipinski definition) is 2. The van der Waals surface area contributed by atoms with Gasteiger partial charge in [0.25, 0.3) is 11.8 Å². The summed E-state index contributed by atoms with van der Waals surface area (Å²) in [6.07, 6.45) is 3.28. The van der Waals surface area contributed by atoms with Crippen LogP contribution in [0.4, 0.5) is 0 Å². The predicted octanol–water partition coefficient (Wildman–Crippen LogP) is 3.45. The summed E-state index contributed by atoms with van der Waals surface area (Å²) in [5.41, 5.74) is 2.67. The SMILES string of the molecule is C=CCN1C(=O)/C(=C/c2ccc(-c3ccc(C(=O)NO)cc3)o2)SC1=S. The lowest BCUT2D eigenvalue weighted by Gasteiger charge is -2.10. The second-order valence-corrected chi connectivity index (χ2v) is 6.98. The minimum atomic E-state index is -0.585. The molecule has 1 aromatic heterocycles. The molecule has 1 aliphatic rings. The average Bonchev–Trinajstić information content (AvgIpc) is 3.22. The van der Waals surface area contributed by atoms with Crippen molar-refractivity contribution in [1.29, 1.82) is 0 Å². The second-order valence-electron chi connectivity index (χ2n) is 5.30. The quantitative estimate of drug-likeness (QED) is 0.269. The number of nitrogens with zero attached hydrogens (tertiary/aromatic N) is 1. The van der Waals surface area contributed by atoms with Crippen LogP contribution in [0.2, 0.25) is 0 Å². The van der Waals surface area contributed by atoms with Crippen molar-refractivity contribution in [3.63, 3.8) is 0 Å². The molecule has 1 aromatic carbocycles. The van der Waals surface area contributed by atoms with Gasteiger partial charge in [-0.25, -0.2) is 5.48 Å². The number of benzene rings is 1. The van der Waals surface area contributed by atoms with Crippen LogP contribution in [0.25, 0.3) is 17.4 Å². The highest BCUT2D eigenvalue weighted by Crippen LogP contribution is 2.33. The van der Waals surface area contributed by atoms with E-state index >= 15 is 0 Å². The zero-order valence-electron chi connectivity index (χ0n) is 13.5. The molecule has 8 heteroatoms. The topological polar surface area (TPSA) is 82.8 Å². The van der Waals surface area contributed by atoms with Crippen LogP contribution in [0, 0.1) is 0 Å². The summed E-state index contributed by atoms with van der Waals surface area (Å²) in [5.74, 6) is 0.362. The first-order valence-corrected chi connectivity index (χ1v) is 8.77. The molecule has 1 aliphatic heterocycles. The molecule has 26 heavy (non-hydrogen) atoms. The normalized spacial score (nSPS) is 15.6. The maximum Gasteiger partial charge on any atom is 0.274 e. The summed E-state index contributed by atoms with van der Waals surface area (Å²) in [6, 6.07) is 10.1. The van der Waals surface area contributed by atoms with Gasteiger partial charge in [0.15, 0.2) is 0 Å². The van der Waals surface area contributed by atoms with E-state index in [1.807, 2.05) is 0 Å². The van der Waals surface area contributed by atoms with Gasteiger partial charge in [0.2, 0.25) is 0 Å². The van der Waals surface area contributed by atoms with Gasteiger partial charge in [-0.05, 0) is 24.3 Å². The van der Waals surface area contributed by atoms with Gasteiger partial charge < -0.3 is 4.42 Å². The summed E-state index contributed by atoms with van der Waals surface area (Å²) in [6.45, 7) is 4.00. The number of thioether (sulfide) groups is 1. The van der Waals surface area contributed by atoms with E-state index in [0.717, 1.165) is 5.56 Å². The molecule has 6 nitrogen and oxygen atoms in total. The van der Waals surface area contributed by atoms with Crippen LogP contribution in [-0.2, 0) is 4.79 Å². The van der Waals surface area contributed by atoms with Gasteiger partial charge in [-0.15, -0.1) is 6.58 Å². The Bertz CT molecular complexity index is 916. The Morgan fingerprint density at radius 3 is 2.69 bits per heavy atom. The van der Waals surface area contributed by atoms with E-state index in [1.165, 1.54) is 16.7 Å². The van der Waals surface area contributed by atoms with Gasteiger partial charge in [-0.3, -0.25) is 19.7 Å². The highest BCUT2D eigenvalue weighted by molar-refractivity contribution is 8.26. The van der Waals surface area contributed by atoms with Crippen LogP contribution >= 0.6 is 24.0 Å². The summed E-state index contributed by atoms with van der Waals surface area (Å²) < 4.78 is 6.25. The number of hydroxylamine groups is 1. The Labute approximate surface area is 159 Å². The predicted molar refractivity (Wildman–Crippen MR) is 103 cm³/mol. The fourth-order valence-electron chi connectivity index (χ4n) is 2.35. The largest absolute Gasteiger partial charge is 0.457 e. The van der Waals surface area contributed by atoms with Crippen LogP contribution in [0.5, 0.6) is 0 Å². The maximum absolute atomic E-state index is 12.3. The van der Waals surface area contributed by atoms with Crippen LogP contribution in [0.15, 0.2) is 58.4 Å². The van der Waals surface area contributed by atoms with Crippen molar-refractivity contribution in [3.8, 4) is 11.3 Å². The molecule has 0 atom stereocenters. The third kappa shape index (κ3) is 3.62. The highest BCUT2D eigenvalue weighted by Gasteiger charge is 2.31. The van der Waals surface area contributed by atoms with Gasteiger partial charge in [0.05, 0.1) is 4.91 Å². The zero-order chi connectivity index (χ0) is 18.7. The summed E-state index contributed by atoms with van der Waals surface area (Å²) in [5, 5.41) is 8.63. The molecule has 132 valence electrons. The van der Waals surface area contributed by atoms with E-state index < -0.39 is 5.91 Å². The van der Waals surface area contributed by atoms with Crippen molar-refractivity contribution in [1.82, 2.24) is 10.4 Å². The van der Waals surface area contributed by atoms with Crippen LogP contribution in [0.3, 0.4) is 0 Å². The van der Waals surface area contributed by atoms with E-state index in [-0.39, 0.29) is 5.91 Å².